The van der Waals surface area contributed by atoms with Gasteiger partial charge in [-0.3, -0.25) is 14.3 Å². The fourth-order valence-electron chi connectivity index (χ4n) is 5.64. The molecule has 0 saturated carbocycles. The molecule has 7 N–H and O–H groups in total. The van der Waals surface area contributed by atoms with Crippen molar-refractivity contribution in [1.29, 1.82) is 0 Å². The number of carbonyl (C=O) groups excluding carboxylic acids is 3. The van der Waals surface area contributed by atoms with E-state index in [1.54, 1.807) is 46.0 Å². The number of nitrogens with one attached hydrogen (secondary N) is 2. The van der Waals surface area contributed by atoms with Gasteiger partial charge in [0.1, 0.15) is 23.3 Å². The van der Waals surface area contributed by atoms with Crippen molar-refractivity contribution in [2.24, 2.45) is 18.7 Å². The fourth-order valence-corrected chi connectivity index (χ4v) is 5.64. The zero-order chi connectivity index (χ0) is 38.4. The van der Waals surface area contributed by atoms with Crippen molar-refractivity contribution in [3.05, 3.63) is 70.1 Å². The van der Waals surface area contributed by atoms with E-state index in [0.29, 0.717) is 16.8 Å². The van der Waals surface area contributed by atoms with Crippen molar-refractivity contribution in [3.63, 3.8) is 0 Å². The minimum absolute atomic E-state index is 0.0105. The smallest absolute Gasteiger partial charge is 0.405 e. The summed E-state index contributed by atoms with van der Waals surface area (Å²) in [6.07, 6.45) is 3.43. The first-order valence-corrected chi connectivity index (χ1v) is 16.4. The number of primary amides is 1. The number of hydrogen-bond donors (Lipinski definition) is 6. The number of nitrogens with two attached hydrogens (primary N) is 1. The molecule has 14 heteroatoms. The molecule has 5 unspecified atom stereocenters. The molecule has 278 valence electrons. The number of methoxy groups -OCH3 is 2. The molecular weight excluding hydrogens is 658 g/mol. The number of ether oxygens (including phenoxy) is 3. The molecule has 2 aromatic rings. The van der Waals surface area contributed by atoms with Crippen LogP contribution in [-0.4, -0.2) is 81.6 Å². The number of fused-ring (bicyclic) bond motifs is 2. The van der Waals surface area contributed by atoms with Crippen molar-refractivity contribution in [2.45, 2.75) is 84.7 Å². The summed E-state index contributed by atoms with van der Waals surface area (Å²) in [5.74, 6) is -2.56. The van der Waals surface area contributed by atoms with E-state index in [2.05, 4.69) is 15.7 Å². The quantitative estimate of drug-likeness (QED) is 0.138. The first kappa shape index (κ1) is 40.5. The van der Waals surface area contributed by atoms with Gasteiger partial charge in [0.25, 0.3) is 11.8 Å². The second-order valence-corrected chi connectivity index (χ2v) is 13.8. The molecule has 1 aromatic heterocycles. The number of nitrogens with zero attached hydrogens (tertiary/aromatic N) is 2. The van der Waals surface area contributed by atoms with Crippen molar-refractivity contribution in [3.8, 4) is 11.5 Å². The van der Waals surface area contributed by atoms with E-state index in [0.717, 1.165) is 6.07 Å². The molecule has 1 aliphatic heterocycles. The molecule has 0 saturated heterocycles. The van der Waals surface area contributed by atoms with Gasteiger partial charge in [-0.2, -0.15) is 5.10 Å². The van der Waals surface area contributed by atoms with Gasteiger partial charge in [-0.15, -0.1) is 0 Å². The maximum atomic E-state index is 13.6. The molecule has 0 radical (unpaired) electrons. The molecule has 3 amide bonds. The minimum atomic E-state index is -1.06. The first-order chi connectivity index (χ1) is 23.8. The molecule has 0 fully saturated rings. The Hall–Kier alpha value is -4.92. The third kappa shape index (κ3) is 10.1. The van der Waals surface area contributed by atoms with Crippen molar-refractivity contribution in [2.75, 3.05) is 24.9 Å². The zero-order valence-corrected chi connectivity index (χ0v) is 30.9. The Morgan fingerprint density at radius 1 is 1.12 bits per heavy atom. The van der Waals surface area contributed by atoms with Crippen LogP contribution in [0.2, 0.25) is 0 Å². The van der Waals surface area contributed by atoms with Gasteiger partial charge < -0.3 is 45.9 Å². The highest BCUT2D eigenvalue weighted by Gasteiger charge is 2.29. The SMILES string of the molecule is COC1C=CC=C(C)C(=O)Nc2cc(O)c(NC(=O)c3cc(C(C)(C)C)nn3C)c(c2O)C=C(C)CC(OC)C(O)C(C)C=C(C)C1OC(N)=O. The average Bonchev–Trinajstić information content (AvgIpc) is 3.46. The Balaban J connectivity index is 2.20. The fraction of sp³-hybridized carbons (Fsp3) is 0.459. The number of aliphatic hydroxyl groups excluding tert-OH is 1. The molecule has 1 aromatic carbocycles. The number of allylic oxidation sites excluding steroid dienone is 2. The summed E-state index contributed by atoms with van der Waals surface area (Å²) in [6.45, 7) is 12.7. The summed E-state index contributed by atoms with van der Waals surface area (Å²) < 4.78 is 18.1. The Morgan fingerprint density at radius 2 is 1.78 bits per heavy atom. The van der Waals surface area contributed by atoms with Crippen molar-refractivity contribution in [1.82, 2.24) is 9.78 Å². The van der Waals surface area contributed by atoms with E-state index in [1.807, 2.05) is 20.8 Å². The number of aryl methyl sites for hydroxylation is 1. The Labute approximate surface area is 298 Å². The van der Waals surface area contributed by atoms with Crippen LogP contribution < -0.4 is 16.4 Å². The molecule has 5 atom stereocenters. The van der Waals surface area contributed by atoms with Gasteiger partial charge in [-0.05, 0) is 44.9 Å². The van der Waals surface area contributed by atoms with Gasteiger partial charge >= 0.3 is 6.09 Å². The van der Waals surface area contributed by atoms with E-state index >= 15 is 0 Å². The first-order valence-electron chi connectivity index (χ1n) is 16.4. The topological polar surface area (TPSA) is 207 Å². The standard InChI is InChI=1S/C37H51N5O9/c1-19-14-23-30(40-35(47)25-18-29(37(5,6)7)41-42(25)8)26(43)17-24(32(23)45)39-34(46)20(2)12-11-13-27(49-9)33(51-36(38)48)22(4)16-21(3)31(44)28(15-19)50-10/h11-14,16-18,21,27-28,31,33,43-45H,15H2,1-10H3,(H2,38,48)(H,39,46)(H,40,47). The second kappa shape index (κ2) is 16.9. The number of anilines is 2. The number of aromatic nitrogens is 2. The lowest BCUT2D eigenvalue weighted by Gasteiger charge is -2.28. The number of aromatic hydroxyl groups is 2. The molecular formula is C37H51N5O9. The summed E-state index contributed by atoms with van der Waals surface area (Å²) in [6, 6.07) is 2.79. The highest BCUT2D eigenvalue weighted by Crippen LogP contribution is 2.43. The summed E-state index contributed by atoms with van der Waals surface area (Å²) in [5, 5.41) is 44.0. The predicted octanol–water partition coefficient (Wildman–Crippen LogP) is 5.07. The normalized spacial score (nSPS) is 22.4. The van der Waals surface area contributed by atoms with Crippen LogP contribution in [0.1, 0.15) is 76.6 Å². The van der Waals surface area contributed by atoms with Crippen LogP contribution >= 0.6 is 0 Å². The summed E-state index contributed by atoms with van der Waals surface area (Å²) in [4.78, 5) is 38.7. The number of aliphatic hydroxyl groups is 1. The van der Waals surface area contributed by atoms with Crippen LogP contribution in [-0.2, 0) is 31.5 Å². The van der Waals surface area contributed by atoms with Crippen molar-refractivity contribution >= 4 is 35.4 Å². The van der Waals surface area contributed by atoms with Crippen LogP contribution in [0.4, 0.5) is 16.2 Å². The number of hydrogen-bond acceptors (Lipinski definition) is 10. The van der Waals surface area contributed by atoms with E-state index in [1.165, 1.54) is 44.1 Å². The van der Waals surface area contributed by atoms with Crippen LogP contribution in [0.15, 0.2) is 53.2 Å². The third-order valence-corrected chi connectivity index (χ3v) is 8.61. The highest BCUT2D eigenvalue weighted by atomic mass is 16.6. The van der Waals surface area contributed by atoms with Crippen LogP contribution in [0.5, 0.6) is 11.5 Å². The molecule has 2 heterocycles. The van der Waals surface area contributed by atoms with E-state index in [-0.39, 0.29) is 40.0 Å². The Morgan fingerprint density at radius 3 is 2.35 bits per heavy atom. The molecule has 0 spiro atoms. The number of benzene rings is 1. The number of rotatable bonds is 5. The lowest BCUT2D eigenvalue weighted by Crippen LogP contribution is -2.36. The zero-order valence-electron chi connectivity index (χ0n) is 30.9. The second-order valence-electron chi connectivity index (χ2n) is 13.8. The third-order valence-electron chi connectivity index (χ3n) is 8.61. The van der Waals surface area contributed by atoms with Crippen LogP contribution in [0.25, 0.3) is 6.08 Å². The molecule has 51 heavy (non-hydrogen) atoms. The summed E-state index contributed by atoms with van der Waals surface area (Å²) in [5.41, 5.74) is 7.07. The number of amides is 3. The molecule has 2 bridgehead atoms. The van der Waals surface area contributed by atoms with Gasteiger partial charge in [-0.25, -0.2) is 4.79 Å². The highest BCUT2D eigenvalue weighted by molar-refractivity contribution is 6.08. The Kier molecular flexibility index (Phi) is 13.4. The molecule has 3 rings (SSSR count). The Bertz CT molecular complexity index is 1750. The average molecular weight is 710 g/mol. The lowest BCUT2D eigenvalue weighted by molar-refractivity contribution is -0.112. The predicted molar refractivity (Wildman–Crippen MR) is 194 cm³/mol. The molecule has 0 aliphatic carbocycles. The van der Waals surface area contributed by atoms with Gasteiger partial charge in [0.05, 0.1) is 29.3 Å². The van der Waals surface area contributed by atoms with Gasteiger partial charge in [-0.1, -0.05) is 57.6 Å². The van der Waals surface area contributed by atoms with Crippen molar-refractivity contribution < 1.29 is 43.9 Å². The van der Waals surface area contributed by atoms with Crippen LogP contribution in [0, 0.1) is 5.92 Å². The summed E-state index contributed by atoms with van der Waals surface area (Å²) in [7, 11) is 4.50. The number of carbonyl (C=O) groups is 3. The largest absolute Gasteiger partial charge is 0.506 e. The van der Waals surface area contributed by atoms with Gasteiger partial charge in [0.2, 0.25) is 0 Å². The maximum Gasteiger partial charge on any atom is 0.405 e. The van der Waals surface area contributed by atoms with E-state index in [4.69, 9.17) is 19.9 Å². The van der Waals surface area contributed by atoms with E-state index < -0.39 is 59.7 Å². The molecule has 14 nitrogen and oxygen atoms in total. The minimum Gasteiger partial charge on any atom is -0.506 e. The van der Waals surface area contributed by atoms with Gasteiger partial charge in [0.15, 0.2) is 6.10 Å². The van der Waals surface area contributed by atoms with Crippen LogP contribution in [0.3, 0.4) is 0 Å². The number of phenols is 2. The van der Waals surface area contributed by atoms with E-state index in [9.17, 15) is 29.7 Å². The molecule has 1 aliphatic rings. The maximum absolute atomic E-state index is 13.6. The monoisotopic (exact) mass is 709 g/mol. The number of phenolic OH excluding ortho intramolecular Hbond substituents is 2. The summed E-state index contributed by atoms with van der Waals surface area (Å²) >= 11 is 0. The van der Waals surface area contributed by atoms with Gasteiger partial charge in [0, 0.05) is 49.8 Å². The lowest BCUT2D eigenvalue weighted by atomic mass is 9.91.